The van der Waals surface area contributed by atoms with Crippen LogP contribution in [0.4, 0.5) is 11.6 Å². The van der Waals surface area contributed by atoms with Crippen molar-refractivity contribution in [1.82, 2.24) is 9.97 Å². The molecule has 0 N–H and O–H groups in total. The molecule has 0 radical (unpaired) electrons. The average Bonchev–Trinajstić information content (AvgIpc) is 3.39. The Morgan fingerprint density at radius 1 is 0.838 bits per heavy atom. The molecule has 0 bridgehead atoms. The molecule has 0 saturated heterocycles. The summed E-state index contributed by atoms with van der Waals surface area (Å²) in [7, 11) is 0. The van der Waals surface area contributed by atoms with Crippen LogP contribution in [0, 0.1) is 10.1 Å². The van der Waals surface area contributed by atoms with Gasteiger partial charge in [0.05, 0.1) is 27.9 Å². The van der Waals surface area contributed by atoms with Crippen molar-refractivity contribution in [1.29, 1.82) is 0 Å². The molecule has 37 heavy (non-hydrogen) atoms. The summed E-state index contributed by atoms with van der Waals surface area (Å²) < 4.78 is 0. The fourth-order valence-corrected chi connectivity index (χ4v) is 4.78. The number of rotatable bonds is 5. The fourth-order valence-electron chi connectivity index (χ4n) is 4.61. The predicted molar refractivity (Wildman–Crippen MR) is 146 cm³/mol. The van der Waals surface area contributed by atoms with Crippen molar-refractivity contribution in [2.75, 3.05) is 5.01 Å². The Hall–Kier alpha value is -4.62. The number of benzene rings is 4. The Bertz CT molecular complexity index is 1660. The topological polar surface area (TPSA) is 84.5 Å². The van der Waals surface area contributed by atoms with Crippen molar-refractivity contribution < 1.29 is 4.92 Å². The summed E-state index contributed by atoms with van der Waals surface area (Å²) in [5, 5.41) is 19.7. The number of hydrazone groups is 1. The maximum atomic E-state index is 11.5. The molecular formula is C29H20ClN5O2. The summed E-state index contributed by atoms with van der Waals surface area (Å²) in [6, 6.07) is 31.6. The van der Waals surface area contributed by atoms with Gasteiger partial charge in [0.25, 0.3) is 5.69 Å². The maximum Gasteiger partial charge on any atom is 0.269 e. The van der Waals surface area contributed by atoms with E-state index in [1.54, 1.807) is 23.2 Å². The Morgan fingerprint density at radius 2 is 1.57 bits per heavy atom. The van der Waals surface area contributed by atoms with Crippen LogP contribution in [0.15, 0.2) is 108 Å². The second-order valence-corrected chi connectivity index (χ2v) is 9.17. The van der Waals surface area contributed by atoms with Crippen molar-refractivity contribution in [3.8, 4) is 11.3 Å². The first-order valence-electron chi connectivity index (χ1n) is 11.8. The highest BCUT2D eigenvalue weighted by Crippen LogP contribution is 2.38. The molecule has 1 aliphatic rings. The van der Waals surface area contributed by atoms with Crippen LogP contribution in [0.25, 0.3) is 22.2 Å². The number of anilines is 1. The minimum absolute atomic E-state index is 0.0321. The molecule has 7 nitrogen and oxygen atoms in total. The first-order chi connectivity index (χ1) is 18.1. The van der Waals surface area contributed by atoms with Gasteiger partial charge in [0.1, 0.15) is 0 Å². The lowest BCUT2D eigenvalue weighted by molar-refractivity contribution is -0.384. The molecule has 0 spiro atoms. The molecule has 180 valence electrons. The third-order valence-electron chi connectivity index (χ3n) is 6.38. The van der Waals surface area contributed by atoms with Crippen molar-refractivity contribution in [3.05, 3.63) is 129 Å². The van der Waals surface area contributed by atoms with Gasteiger partial charge in [-0.2, -0.15) is 5.10 Å². The summed E-state index contributed by atoms with van der Waals surface area (Å²) >= 11 is 6.33. The molecule has 1 atom stereocenters. The second kappa shape index (κ2) is 9.44. The average molecular weight is 506 g/mol. The molecule has 5 aromatic rings. The molecular weight excluding hydrogens is 486 g/mol. The highest BCUT2D eigenvalue weighted by molar-refractivity contribution is 6.31. The first kappa shape index (κ1) is 22.8. The lowest BCUT2D eigenvalue weighted by Gasteiger charge is -2.23. The summed E-state index contributed by atoms with van der Waals surface area (Å²) in [6.07, 6.45) is 0.549. The highest BCUT2D eigenvalue weighted by atomic mass is 35.5. The lowest BCUT2D eigenvalue weighted by Crippen LogP contribution is -2.21. The quantitative estimate of drug-likeness (QED) is 0.186. The second-order valence-electron chi connectivity index (χ2n) is 8.73. The minimum Gasteiger partial charge on any atom is -0.258 e. The lowest BCUT2D eigenvalue weighted by atomic mass is 9.98. The largest absolute Gasteiger partial charge is 0.269 e. The van der Waals surface area contributed by atoms with Crippen LogP contribution >= 0.6 is 11.6 Å². The third-order valence-corrected chi connectivity index (χ3v) is 6.62. The maximum absolute atomic E-state index is 11.5. The van der Waals surface area contributed by atoms with Gasteiger partial charge in [-0.15, -0.1) is 0 Å². The molecule has 6 rings (SSSR count). The van der Waals surface area contributed by atoms with Gasteiger partial charge < -0.3 is 0 Å². The number of nitro benzene ring substituents is 1. The van der Waals surface area contributed by atoms with Gasteiger partial charge in [-0.1, -0.05) is 84.4 Å². The number of halogens is 1. The van der Waals surface area contributed by atoms with E-state index in [9.17, 15) is 10.1 Å². The molecule has 0 aliphatic carbocycles. The van der Waals surface area contributed by atoms with E-state index in [2.05, 4.69) is 0 Å². The normalized spacial score (nSPS) is 15.1. The van der Waals surface area contributed by atoms with E-state index in [4.69, 9.17) is 26.7 Å². The van der Waals surface area contributed by atoms with Gasteiger partial charge in [0, 0.05) is 34.5 Å². The van der Waals surface area contributed by atoms with E-state index in [0.717, 1.165) is 39.0 Å². The zero-order valence-corrected chi connectivity index (χ0v) is 20.3. The predicted octanol–water partition coefficient (Wildman–Crippen LogP) is 7.21. The van der Waals surface area contributed by atoms with E-state index in [1.807, 2.05) is 78.9 Å². The zero-order chi connectivity index (χ0) is 25.4. The van der Waals surface area contributed by atoms with Crippen LogP contribution in [0.3, 0.4) is 0 Å². The number of nitro groups is 1. The standard InChI is InChI=1S/C29H20ClN5O2/c30-22-14-15-25-24(17-22)28(20-10-5-2-6-11-20)32-29(31-25)34-27(21-12-7-13-23(16-21)35(36)37)18-26(33-34)19-8-3-1-4-9-19/h1-17,27H,18H2/t27-/m1/s1. The van der Waals surface area contributed by atoms with E-state index >= 15 is 0 Å². The van der Waals surface area contributed by atoms with E-state index < -0.39 is 0 Å². The van der Waals surface area contributed by atoms with Crippen molar-refractivity contribution in [3.63, 3.8) is 0 Å². The van der Waals surface area contributed by atoms with E-state index in [0.29, 0.717) is 17.4 Å². The minimum atomic E-state index is -0.383. The molecule has 2 heterocycles. The Kier molecular flexibility index (Phi) is 5.82. The summed E-state index contributed by atoms with van der Waals surface area (Å²) in [5.41, 5.74) is 5.04. The number of non-ortho nitro benzene ring substituents is 1. The number of aromatic nitrogens is 2. The van der Waals surface area contributed by atoms with Crippen LogP contribution in [-0.2, 0) is 0 Å². The highest BCUT2D eigenvalue weighted by Gasteiger charge is 2.33. The molecule has 0 unspecified atom stereocenters. The van der Waals surface area contributed by atoms with Crippen LogP contribution in [0.1, 0.15) is 23.6 Å². The van der Waals surface area contributed by atoms with Gasteiger partial charge in [0.2, 0.25) is 5.95 Å². The fraction of sp³-hybridized carbons (Fsp3) is 0.0690. The van der Waals surface area contributed by atoms with E-state index in [-0.39, 0.29) is 16.7 Å². The van der Waals surface area contributed by atoms with Crippen LogP contribution in [-0.4, -0.2) is 20.6 Å². The van der Waals surface area contributed by atoms with Crippen LogP contribution < -0.4 is 5.01 Å². The number of fused-ring (bicyclic) bond motifs is 1. The number of nitrogens with zero attached hydrogens (tertiary/aromatic N) is 5. The molecule has 0 fully saturated rings. The van der Waals surface area contributed by atoms with Crippen LogP contribution in [0.2, 0.25) is 5.02 Å². The summed E-state index contributed by atoms with van der Waals surface area (Å²) in [6.45, 7) is 0. The zero-order valence-electron chi connectivity index (χ0n) is 19.5. The van der Waals surface area contributed by atoms with E-state index in [1.165, 1.54) is 6.07 Å². The van der Waals surface area contributed by atoms with Gasteiger partial charge in [-0.25, -0.2) is 15.0 Å². The Labute approximate surface area is 217 Å². The smallest absolute Gasteiger partial charge is 0.258 e. The Balaban J connectivity index is 1.54. The third kappa shape index (κ3) is 4.41. The van der Waals surface area contributed by atoms with Crippen molar-refractivity contribution in [2.24, 2.45) is 5.10 Å². The molecule has 4 aromatic carbocycles. The molecule has 1 aliphatic heterocycles. The number of hydrogen-bond donors (Lipinski definition) is 0. The molecule has 0 amide bonds. The summed E-state index contributed by atoms with van der Waals surface area (Å²) in [5.74, 6) is 0.413. The van der Waals surface area contributed by atoms with Gasteiger partial charge in [0.15, 0.2) is 0 Å². The Morgan fingerprint density at radius 3 is 2.30 bits per heavy atom. The van der Waals surface area contributed by atoms with Crippen LogP contribution in [0.5, 0.6) is 0 Å². The van der Waals surface area contributed by atoms with Gasteiger partial charge >= 0.3 is 0 Å². The molecule has 0 saturated carbocycles. The van der Waals surface area contributed by atoms with Gasteiger partial charge in [-0.05, 0) is 29.3 Å². The monoisotopic (exact) mass is 505 g/mol. The van der Waals surface area contributed by atoms with Crippen molar-refractivity contribution in [2.45, 2.75) is 12.5 Å². The SMILES string of the molecule is O=[N+]([O-])c1cccc([C@H]2CC(c3ccccc3)=NN2c2nc(-c3ccccc3)c3cc(Cl)ccc3n2)c1. The first-order valence-corrected chi connectivity index (χ1v) is 12.1. The van der Waals surface area contributed by atoms with Gasteiger partial charge in [-0.3, -0.25) is 10.1 Å². The number of hydrogen-bond acceptors (Lipinski definition) is 6. The molecule has 8 heteroatoms. The molecule has 1 aromatic heterocycles. The van der Waals surface area contributed by atoms with Crippen molar-refractivity contribution >= 4 is 39.9 Å². The summed E-state index contributed by atoms with van der Waals surface area (Å²) in [4.78, 5) is 21.0.